The lowest BCUT2D eigenvalue weighted by Gasteiger charge is -2.08. The maximum Gasteiger partial charge on any atom is 0.180 e. The average molecular weight is 640 g/mol. The van der Waals surface area contributed by atoms with Crippen LogP contribution >= 0.6 is 0 Å². The van der Waals surface area contributed by atoms with Gasteiger partial charge in [-0.3, -0.25) is 0 Å². The number of furan rings is 1. The molecule has 3 aromatic heterocycles. The van der Waals surface area contributed by atoms with Crippen molar-refractivity contribution >= 4 is 43.9 Å². The molecule has 4 heteroatoms. The first kappa shape index (κ1) is 28.3. The summed E-state index contributed by atoms with van der Waals surface area (Å²) in [5.74, 6) is 0.679. The lowest BCUT2D eigenvalue weighted by atomic mass is 9.98. The Morgan fingerprint density at radius 2 is 1.02 bits per heavy atom. The van der Waals surface area contributed by atoms with Gasteiger partial charge in [0.2, 0.25) is 0 Å². The SMILES string of the molecule is c1ccc(-c2nc(-c3ccccc3)c3oc4c(-c5ccc(-c6ccc7c(c6)c6ccccc6n7-c6ccccc6)cc5)cccc4c3n2)cc1. The number of para-hydroxylation sites is 3. The zero-order chi connectivity index (χ0) is 33.0. The maximum absolute atomic E-state index is 6.73. The lowest BCUT2D eigenvalue weighted by Crippen LogP contribution is -1.93. The van der Waals surface area contributed by atoms with Crippen molar-refractivity contribution in [3.8, 4) is 50.6 Å². The molecule has 0 fully saturated rings. The molecule has 3 heterocycles. The van der Waals surface area contributed by atoms with Crippen molar-refractivity contribution in [2.45, 2.75) is 0 Å². The van der Waals surface area contributed by atoms with E-state index in [1.807, 2.05) is 48.5 Å². The fourth-order valence-electron chi connectivity index (χ4n) is 7.25. The fraction of sp³-hybridized carbons (Fsp3) is 0. The number of fused-ring (bicyclic) bond motifs is 6. The highest BCUT2D eigenvalue weighted by molar-refractivity contribution is 6.12. The van der Waals surface area contributed by atoms with Gasteiger partial charge < -0.3 is 8.98 Å². The molecule has 0 saturated heterocycles. The maximum atomic E-state index is 6.73. The third kappa shape index (κ3) is 4.54. The van der Waals surface area contributed by atoms with E-state index >= 15 is 0 Å². The smallest absolute Gasteiger partial charge is 0.180 e. The predicted molar refractivity (Wildman–Crippen MR) is 205 cm³/mol. The van der Waals surface area contributed by atoms with E-state index in [-0.39, 0.29) is 0 Å². The normalized spacial score (nSPS) is 11.6. The van der Waals surface area contributed by atoms with Gasteiger partial charge in [0, 0.05) is 38.5 Å². The fourth-order valence-corrected chi connectivity index (χ4v) is 7.25. The minimum absolute atomic E-state index is 0.679. The molecule has 0 aliphatic carbocycles. The Hall–Kier alpha value is -6.78. The lowest BCUT2D eigenvalue weighted by molar-refractivity contribution is 0.668. The highest BCUT2D eigenvalue weighted by Gasteiger charge is 2.20. The third-order valence-electron chi connectivity index (χ3n) is 9.64. The molecule has 10 aromatic rings. The average Bonchev–Trinajstić information content (AvgIpc) is 3.74. The van der Waals surface area contributed by atoms with Gasteiger partial charge in [-0.2, -0.15) is 0 Å². The number of hydrogen-bond donors (Lipinski definition) is 0. The summed E-state index contributed by atoms with van der Waals surface area (Å²) in [7, 11) is 0. The standard InChI is InChI=1S/C46H29N3O/c1-4-13-32(14-5-1)42-45-43(48-46(47-42)33-15-6-2-7-16-33)38-21-12-20-36(44(38)50-45)31-25-23-30(24-26-31)34-27-28-41-39(29-34)37-19-10-11-22-40(37)49(41)35-17-8-3-9-18-35/h1-29H. The molecular weight excluding hydrogens is 611 g/mol. The molecule has 0 aliphatic rings. The van der Waals surface area contributed by atoms with Crippen LogP contribution in [0.5, 0.6) is 0 Å². The summed E-state index contributed by atoms with van der Waals surface area (Å²) in [6, 6.07) is 61.4. The van der Waals surface area contributed by atoms with Crippen molar-refractivity contribution in [1.82, 2.24) is 14.5 Å². The van der Waals surface area contributed by atoms with Crippen LogP contribution < -0.4 is 0 Å². The second-order valence-corrected chi connectivity index (χ2v) is 12.6. The molecule has 10 rings (SSSR count). The minimum Gasteiger partial charge on any atom is -0.451 e. The van der Waals surface area contributed by atoms with Crippen molar-refractivity contribution in [2.75, 3.05) is 0 Å². The third-order valence-corrected chi connectivity index (χ3v) is 9.64. The molecule has 0 amide bonds. The molecule has 0 radical (unpaired) electrons. The van der Waals surface area contributed by atoms with Crippen LogP contribution in [0.1, 0.15) is 0 Å². The van der Waals surface area contributed by atoms with E-state index in [2.05, 4.69) is 132 Å². The molecule has 4 nitrogen and oxygen atoms in total. The van der Waals surface area contributed by atoms with E-state index in [0.29, 0.717) is 11.4 Å². The second-order valence-electron chi connectivity index (χ2n) is 12.6. The summed E-state index contributed by atoms with van der Waals surface area (Å²) in [6.07, 6.45) is 0. The van der Waals surface area contributed by atoms with Crippen molar-refractivity contribution in [2.24, 2.45) is 0 Å². The molecule has 0 aliphatic heterocycles. The number of aromatic nitrogens is 3. The van der Waals surface area contributed by atoms with Crippen LogP contribution in [-0.4, -0.2) is 14.5 Å². The van der Waals surface area contributed by atoms with Crippen molar-refractivity contribution < 1.29 is 4.42 Å². The van der Waals surface area contributed by atoms with Gasteiger partial charge in [-0.05, 0) is 53.1 Å². The van der Waals surface area contributed by atoms with Crippen LogP contribution in [-0.2, 0) is 0 Å². The number of nitrogens with zero attached hydrogens (tertiary/aromatic N) is 3. The Balaban J connectivity index is 1.09. The highest BCUT2D eigenvalue weighted by Crippen LogP contribution is 2.40. The second kappa shape index (κ2) is 11.4. The van der Waals surface area contributed by atoms with Gasteiger partial charge >= 0.3 is 0 Å². The first-order valence-corrected chi connectivity index (χ1v) is 16.8. The Bertz CT molecular complexity index is 2840. The van der Waals surface area contributed by atoms with E-state index in [4.69, 9.17) is 14.4 Å². The van der Waals surface area contributed by atoms with Gasteiger partial charge in [0.05, 0.1) is 11.0 Å². The highest BCUT2D eigenvalue weighted by atomic mass is 16.3. The molecule has 0 bridgehead atoms. The van der Waals surface area contributed by atoms with Gasteiger partial charge in [-0.1, -0.05) is 140 Å². The van der Waals surface area contributed by atoms with Crippen molar-refractivity contribution in [1.29, 1.82) is 0 Å². The molecule has 0 N–H and O–H groups in total. The quantitative estimate of drug-likeness (QED) is 0.188. The van der Waals surface area contributed by atoms with Gasteiger partial charge in [0.1, 0.15) is 16.8 Å². The molecular formula is C46H29N3O. The van der Waals surface area contributed by atoms with Crippen LogP contribution in [0.3, 0.4) is 0 Å². The summed E-state index contributed by atoms with van der Waals surface area (Å²) in [4.78, 5) is 10.1. The van der Waals surface area contributed by atoms with E-state index in [9.17, 15) is 0 Å². The summed E-state index contributed by atoms with van der Waals surface area (Å²) >= 11 is 0. The van der Waals surface area contributed by atoms with Gasteiger partial charge in [0.15, 0.2) is 11.4 Å². The minimum atomic E-state index is 0.679. The first-order valence-electron chi connectivity index (χ1n) is 16.8. The van der Waals surface area contributed by atoms with Gasteiger partial charge in [-0.15, -0.1) is 0 Å². The van der Waals surface area contributed by atoms with E-state index in [0.717, 1.165) is 55.7 Å². The summed E-state index contributed by atoms with van der Waals surface area (Å²) < 4.78 is 9.08. The number of benzene rings is 7. The van der Waals surface area contributed by atoms with Gasteiger partial charge in [-0.25, -0.2) is 9.97 Å². The molecule has 0 spiro atoms. The van der Waals surface area contributed by atoms with Crippen LogP contribution in [0.15, 0.2) is 180 Å². The summed E-state index contributed by atoms with van der Waals surface area (Å²) in [5, 5.41) is 3.46. The Kier molecular flexibility index (Phi) is 6.46. The summed E-state index contributed by atoms with van der Waals surface area (Å²) in [6.45, 7) is 0. The molecule has 7 aromatic carbocycles. The van der Waals surface area contributed by atoms with E-state index < -0.39 is 0 Å². The summed E-state index contributed by atoms with van der Waals surface area (Å²) in [5.41, 5.74) is 13.1. The Morgan fingerprint density at radius 3 is 1.80 bits per heavy atom. The molecule has 50 heavy (non-hydrogen) atoms. The molecule has 0 saturated carbocycles. The van der Waals surface area contributed by atoms with E-state index in [1.54, 1.807) is 0 Å². The van der Waals surface area contributed by atoms with Crippen LogP contribution in [0.2, 0.25) is 0 Å². The predicted octanol–water partition coefficient (Wildman–Crippen LogP) is 12.1. The largest absolute Gasteiger partial charge is 0.451 e. The van der Waals surface area contributed by atoms with Crippen LogP contribution in [0, 0.1) is 0 Å². The van der Waals surface area contributed by atoms with E-state index in [1.165, 1.54) is 27.4 Å². The number of rotatable bonds is 5. The van der Waals surface area contributed by atoms with Gasteiger partial charge in [0.25, 0.3) is 0 Å². The van der Waals surface area contributed by atoms with Crippen molar-refractivity contribution in [3.05, 3.63) is 176 Å². The zero-order valence-electron chi connectivity index (χ0n) is 27.0. The topological polar surface area (TPSA) is 43.9 Å². The van der Waals surface area contributed by atoms with Crippen LogP contribution in [0.25, 0.3) is 94.5 Å². The van der Waals surface area contributed by atoms with Crippen molar-refractivity contribution in [3.63, 3.8) is 0 Å². The van der Waals surface area contributed by atoms with Crippen LogP contribution in [0.4, 0.5) is 0 Å². The Morgan fingerprint density at radius 1 is 0.400 bits per heavy atom. The molecule has 0 unspecified atom stereocenters. The molecule has 0 atom stereocenters. The number of hydrogen-bond acceptors (Lipinski definition) is 3. The first-order chi connectivity index (χ1) is 24.8. The Labute approximate surface area is 288 Å². The zero-order valence-corrected chi connectivity index (χ0v) is 27.0. The monoisotopic (exact) mass is 639 g/mol. The molecule has 234 valence electrons.